The SMILES string of the molecule is CCOc1ccc(C(=O)NC[C@H]2CCCN(C(C)C)C2)cc1. The number of hydrogen-bond acceptors (Lipinski definition) is 3. The van der Waals surface area contributed by atoms with Crippen molar-refractivity contribution in [1.29, 1.82) is 0 Å². The molecule has 2 rings (SSSR count). The number of likely N-dealkylation sites (tertiary alicyclic amines) is 1. The van der Waals surface area contributed by atoms with Crippen molar-refractivity contribution in [2.24, 2.45) is 5.92 Å². The number of amides is 1. The molecule has 0 radical (unpaired) electrons. The van der Waals surface area contributed by atoms with Crippen LogP contribution >= 0.6 is 0 Å². The maximum absolute atomic E-state index is 12.2. The predicted octanol–water partition coefficient (Wildman–Crippen LogP) is 2.94. The first kappa shape index (κ1) is 16.8. The third kappa shape index (κ3) is 4.73. The molecule has 1 N–H and O–H groups in total. The molecule has 0 unspecified atom stereocenters. The molecule has 0 bridgehead atoms. The van der Waals surface area contributed by atoms with Crippen LogP contribution in [-0.4, -0.2) is 43.1 Å². The van der Waals surface area contributed by atoms with E-state index in [0.29, 0.717) is 24.1 Å². The number of nitrogens with one attached hydrogen (secondary N) is 1. The van der Waals surface area contributed by atoms with Crippen molar-refractivity contribution in [2.75, 3.05) is 26.2 Å². The standard InChI is InChI=1S/C18H28N2O2/c1-4-22-17-9-7-16(8-10-17)18(21)19-12-15-6-5-11-20(13-15)14(2)3/h7-10,14-15H,4-6,11-13H2,1-3H3,(H,19,21)/t15-/m1/s1. The number of carbonyl (C=O) groups is 1. The molecule has 0 aliphatic carbocycles. The van der Waals surface area contributed by atoms with Gasteiger partial charge in [0.15, 0.2) is 0 Å². The van der Waals surface area contributed by atoms with E-state index in [1.165, 1.54) is 19.4 Å². The Bertz CT molecular complexity index is 470. The minimum Gasteiger partial charge on any atom is -0.494 e. The fourth-order valence-electron chi connectivity index (χ4n) is 2.94. The van der Waals surface area contributed by atoms with Crippen LogP contribution in [0.3, 0.4) is 0 Å². The van der Waals surface area contributed by atoms with Crippen molar-refractivity contribution in [3.05, 3.63) is 29.8 Å². The van der Waals surface area contributed by atoms with Crippen molar-refractivity contribution in [1.82, 2.24) is 10.2 Å². The van der Waals surface area contributed by atoms with E-state index >= 15 is 0 Å². The van der Waals surface area contributed by atoms with Gasteiger partial charge in [0, 0.05) is 24.7 Å². The van der Waals surface area contributed by atoms with Crippen molar-refractivity contribution >= 4 is 5.91 Å². The van der Waals surface area contributed by atoms with Crippen molar-refractivity contribution in [3.63, 3.8) is 0 Å². The second-order valence-electron chi connectivity index (χ2n) is 6.26. The van der Waals surface area contributed by atoms with Crippen LogP contribution in [0.4, 0.5) is 0 Å². The fraction of sp³-hybridized carbons (Fsp3) is 0.611. The van der Waals surface area contributed by atoms with Gasteiger partial charge in [-0.1, -0.05) is 0 Å². The first-order valence-corrected chi connectivity index (χ1v) is 8.35. The number of hydrogen-bond donors (Lipinski definition) is 1. The Kier molecular flexibility index (Phi) is 6.25. The summed E-state index contributed by atoms with van der Waals surface area (Å²) in [5.74, 6) is 1.37. The van der Waals surface area contributed by atoms with Gasteiger partial charge in [-0.3, -0.25) is 4.79 Å². The number of ether oxygens (including phenoxy) is 1. The van der Waals surface area contributed by atoms with Crippen molar-refractivity contribution < 1.29 is 9.53 Å². The van der Waals surface area contributed by atoms with Crippen LogP contribution < -0.4 is 10.1 Å². The minimum absolute atomic E-state index is 0.00437. The molecule has 1 aromatic rings. The Morgan fingerprint density at radius 2 is 2.09 bits per heavy atom. The van der Waals surface area contributed by atoms with E-state index in [9.17, 15) is 4.79 Å². The van der Waals surface area contributed by atoms with Crippen LogP contribution in [0.5, 0.6) is 5.75 Å². The van der Waals surface area contributed by atoms with Gasteiger partial charge in [-0.25, -0.2) is 0 Å². The summed E-state index contributed by atoms with van der Waals surface area (Å²) in [4.78, 5) is 14.7. The smallest absolute Gasteiger partial charge is 0.251 e. The molecule has 1 amide bonds. The predicted molar refractivity (Wildman–Crippen MR) is 89.4 cm³/mol. The van der Waals surface area contributed by atoms with Gasteiger partial charge < -0.3 is 15.0 Å². The molecule has 122 valence electrons. The van der Waals surface area contributed by atoms with E-state index < -0.39 is 0 Å². The summed E-state index contributed by atoms with van der Waals surface area (Å²) in [7, 11) is 0. The average Bonchev–Trinajstić information content (AvgIpc) is 2.54. The van der Waals surface area contributed by atoms with Crippen LogP contribution in [0.2, 0.25) is 0 Å². The van der Waals surface area contributed by atoms with Gasteiger partial charge in [0.05, 0.1) is 6.61 Å². The van der Waals surface area contributed by atoms with Crippen LogP contribution in [0, 0.1) is 5.92 Å². The molecule has 1 aliphatic rings. The summed E-state index contributed by atoms with van der Waals surface area (Å²) in [5.41, 5.74) is 0.694. The average molecular weight is 304 g/mol. The zero-order valence-corrected chi connectivity index (χ0v) is 14.0. The van der Waals surface area contributed by atoms with Crippen LogP contribution in [-0.2, 0) is 0 Å². The van der Waals surface area contributed by atoms with Gasteiger partial charge in [0.25, 0.3) is 5.91 Å². The molecule has 22 heavy (non-hydrogen) atoms. The van der Waals surface area contributed by atoms with Crippen molar-refractivity contribution in [3.8, 4) is 5.75 Å². The first-order valence-electron chi connectivity index (χ1n) is 8.35. The number of carbonyl (C=O) groups excluding carboxylic acids is 1. The van der Waals surface area contributed by atoms with Crippen LogP contribution in [0.1, 0.15) is 44.0 Å². The highest BCUT2D eigenvalue weighted by atomic mass is 16.5. The molecule has 4 heteroatoms. The summed E-state index contributed by atoms with van der Waals surface area (Å²) in [6.07, 6.45) is 2.43. The van der Waals surface area contributed by atoms with Gasteiger partial charge in [0.2, 0.25) is 0 Å². The monoisotopic (exact) mass is 304 g/mol. The van der Waals surface area contributed by atoms with Gasteiger partial charge in [0.1, 0.15) is 5.75 Å². The highest BCUT2D eigenvalue weighted by molar-refractivity contribution is 5.94. The third-order valence-corrected chi connectivity index (χ3v) is 4.26. The lowest BCUT2D eigenvalue weighted by Crippen LogP contribution is -2.43. The largest absolute Gasteiger partial charge is 0.494 e. The Balaban J connectivity index is 1.81. The molecule has 1 aliphatic heterocycles. The third-order valence-electron chi connectivity index (χ3n) is 4.26. The molecule has 0 aromatic heterocycles. The van der Waals surface area contributed by atoms with Crippen LogP contribution in [0.25, 0.3) is 0 Å². The molecule has 0 spiro atoms. The number of nitrogens with zero attached hydrogens (tertiary/aromatic N) is 1. The minimum atomic E-state index is 0.00437. The Morgan fingerprint density at radius 3 is 2.73 bits per heavy atom. The molecule has 1 atom stereocenters. The lowest BCUT2D eigenvalue weighted by atomic mass is 9.97. The number of piperidine rings is 1. The summed E-state index contributed by atoms with van der Waals surface area (Å²) in [5, 5.41) is 3.07. The number of rotatable bonds is 6. The molecule has 1 fully saturated rings. The van der Waals surface area contributed by atoms with E-state index in [0.717, 1.165) is 18.8 Å². The molecular weight excluding hydrogens is 276 g/mol. The molecule has 1 saturated heterocycles. The Hall–Kier alpha value is -1.55. The zero-order chi connectivity index (χ0) is 15.9. The first-order chi connectivity index (χ1) is 10.6. The molecule has 1 heterocycles. The van der Waals surface area contributed by atoms with E-state index in [1.807, 2.05) is 31.2 Å². The lowest BCUT2D eigenvalue weighted by Gasteiger charge is -2.35. The van der Waals surface area contributed by atoms with E-state index in [4.69, 9.17) is 4.74 Å². The molecule has 1 aromatic carbocycles. The molecular formula is C18H28N2O2. The van der Waals surface area contributed by atoms with Crippen molar-refractivity contribution in [2.45, 2.75) is 39.7 Å². The fourth-order valence-corrected chi connectivity index (χ4v) is 2.94. The highest BCUT2D eigenvalue weighted by Gasteiger charge is 2.22. The molecule has 4 nitrogen and oxygen atoms in total. The second kappa shape index (κ2) is 8.18. The summed E-state index contributed by atoms with van der Waals surface area (Å²) >= 11 is 0. The highest BCUT2D eigenvalue weighted by Crippen LogP contribution is 2.18. The zero-order valence-electron chi connectivity index (χ0n) is 14.0. The molecule has 0 saturated carbocycles. The van der Waals surface area contributed by atoms with Gasteiger partial charge in [-0.05, 0) is 70.3 Å². The Morgan fingerprint density at radius 1 is 1.36 bits per heavy atom. The normalized spacial score (nSPS) is 19.2. The quantitative estimate of drug-likeness (QED) is 0.878. The van der Waals surface area contributed by atoms with Crippen LogP contribution in [0.15, 0.2) is 24.3 Å². The van der Waals surface area contributed by atoms with E-state index in [-0.39, 0.29) is 5.91 Å². The maximum Gasteiger partial charge on any atom is 0.251 e. The topological polar surface area (TPSA) is 41.6 Å². The summed E-state index contributed by atoms with van der Waals surface area (Å²) < 4.78 is 5.39. The Labute approximate surface area is 133 Å². The summed E-state index contributed by atoms with van der Waals surface area (Å²) in [6.45, 7) is 10.1. The van der Waals surface area contributed by atoms with E-state index in [1.54, 1.807) is 0 Å². The van der Waals surface area contributed by atoms with Gasteiger partial charge >= 0.3 is 0 Å². The second-order valence-corrected chi connectivity index (χ2v) is 6.26. The van der Waals surface area contributed by atoms with Gasteiger partial charge in [-0.15, -0.1) is 0 Å². The summed E-state index contributed by atoms with van der Waals surface area (Å²) in [6, 6.07) is 7.92. The number of benzene rings is 1. The maximum atomic E-state index is 12.2. The van der Waals surface area contributed by atoms with E-state index in [2.05, 4.69) is 24.1 Å². The van der Waals surface area contributed by atoms with Gasteiger partial charge in [-0.2, -0.15) is 0 Å². The lowest BCUT2D eigenvalue weighted by molar-refractivity contribution is 0.0922.